The predicted octanol–water partition coefficient (Wildman–Crippen LogP) is 11.8. The van der Waals surface area contributed by atoms with E-state index in [4.69, 9.17) is 4.98 Å². The summed E-state index contributed by atoms with van der Waals surface area (Å²) >= 11 is 0. The van der Waals surface area contributed by atoms with Crippen molar-refractivity contribution < 1.29 is 0 Å². The molecule has 0 aliphatic rings. The second-order valence-electron chi connectivity index (χ2n) is 11.5. The van der Waals surface area contributed by atoms with Crippen molar-refractivity contribution in [3.8, 4) is 33.4 Å². The van der Waals surface area contributed by atoms with Crippen molar-refractivity contribution in [3.63, 3.8) is 0 Å². The molecule has 9 rings (SSSR count). The Morgan fingerprint density at radius 3 is 1.59 bits per heavy atom. The fourth-order valence-corrected chi connectivity index (χ4v) is 7.04. The summed E-state index contributed by atoms with van der Waals surface area (Å²) in [5.41, 5.74) is 8.35. The Morgan fingerprint density at radius 2 is 0.864 bits per heavy atom. The third-order valence-electron chi connectivity index (χ3n) is 9.06. The van der Waals surface area contributed by atoms with Crippen molar-refractivity contribution in [1.82, 2.24) is 4.98 Å². The maximum absolute atomic E-state index is 5.03. The van der Waals surface area contributed by atoms with E-state index in [0.717, 1.165) is 5.52 Å². The Morgan fingerprint density at radius 1 is 0.341 bits per heavy atom. The molecule has 0 atom stereocenters. The molecule has 0 fully saturated rings. The molecule has 0 bridgehead atoms. The highest BCUT2D eigenvalue weighted by Gasteiger charge is 2.21. The number of nitrogens with zero attached hydrogens (tertiary/aromatic N) is 1. The first kappa shape index (κ1) is 24.8. The zero-order valence-corrected chi connectivity index (χ0v) is 24.0. The van der Waals surface area contributed by atoms with Gasteiger partial charge in [-0.2, -0.15) is 0 Å². The van der Waals surface area contributed by atoms with Gasteiger partial charge in [-0.05, 0) is 83.9 Å². The van der Waals surface area contributed by atoms with Crippen LogP contribution >= 0.6 is 0 Å². The van der Waals surface area contributed by atoms with E-state index in [1.807, 2.05) is 0 Å². The summed E-state index contributed by atoms with van der Waals surface area (Å²) in [4.78, 5) is 5.03. The van der Waals surface area contributed by atoms with E-state index in [2.05, 4.69) is 164 Å². The molecule has 0 saturated heterocycles. The van der Waals surface area contributed by atoms with E-state index in [1.54, 1.807) is 0 Å². The highest BCUT2D eigenvalue weighted by molar-refractivity contribution is 6.28. The summed E-state index contributed by atoms with van der Waals surface area (Å²) in [6.07, 6.45) is 2.10. The van der Waals surface area contributed by atoms with Crippen molar-refractivity contribution in [2.24, 2.45) is 0 Å². The molecule has 0 saturated carbocycles. The van der Waals surface area contributed by atoms with Gasteiger partial charge in [-0.15, -0.1) is 0 Å². The van der Waals surface area contributed by atoms with E-state index in [1.165, 1.54) is 81.9 Å². The molecule has 44 heavy (non-hydrogen) atoms. The molecule has 0 unspecified atom stereocenters. The molecule has 0 aliphatic carbocycles. The second-order valence-corrected chi connectivity index (χ2v) is 11.5. The van der Waals surface area contributed by atoms with Crippen LogP contribution in [0.4, 0.5) is 0 Å². The molecule has 0 spiro atoms. The number of rotatable bonds is 3. The number of benzene rings is 8. The first-order valence-corrected chi connectivity index (χ1v) is 15.1. The summed E-state index contributed by atoms with van der Waals surface area (Å²) in [5.74, 6) is 0. The highest BCUT2D eigenvalue weighted by Crippen LogP contribution is 2.48. The van der Waals surface area contributed by atoms with E-state index in [9.17, 15) is 0 Å². The lowest BCUT2D eigenvalue weighted by molar-refractivity contribution is 1.45. The predicted molar refractivity (Wildman–Crippen MR) is 188 cm³/mol. The monoisotopic (exact) mass is 557 g/mol. The number of aromatic nitrogens is 1. The quantitative estimate of drug-likeness (QED) is 0.155. The van der Waals surface area contributed by atoms with Gasteiger partial charge in [0, 0.05) is 22.4 Å². The smallest absolute Gasteiger partial charge is 0.0708 e. The van der Waals surface area contributed by atoms with Crippen molar-refractivity contribution >= 4 is 54.0 Å². The van der Waals surface area contributed by atoms with Gasteiger partial charge in [0.2, 0.25) is 0 Å². The summed E-state index contributed by atoms with van der Waals surface area (Å²) in [6.45, 7) is 0. The molecule has 1 heteroatoms. The SMILES string of the molecule is c1ccc(-c2c3ccccc3c(-c3ccc4ccccc4c3)c3c2cnc2ccccc23)c(-c2ccc3ccccc3c2)c1. The van der Waals surface area contributed by atoms with Crippen LogP contribution < -0.4 is 0 Å². The number of hydrogen-bond donors (Lipinski definition) is 0. The molecule has 0 amide bonds. The largest absolute Gasteiger partial charge is 0.256 e. The molecular formula is C43H27N. The maximum Gasteiger partial charge on any atom is 0.0708 e. The van der Waals surface area contributed by atoms with Crippen LogP contribution in [-0.2, 0) is 0 Å². The number of fused-ring (bicyclic) bond motifs is 6. The Balaban J connectivity index is 1.44. The first-order valence-electron chi connectivity index (χ1n) is 15.1. The zero-order chi connectivity index (χ0) is 29.0. The van der Waals surface area contributed by atoms with Crippen molar-refractivity contribution in [3.05, 3.63) is 164 Å². The molecule has 1 heterocycles. The summed E-state index contributed by atoms with van der Waals surface area (Å²) < 4.78 is 0. The average Bonchev–Trinajstić information content (AvgIpc) is 3.10. The maximum atomic E-state index is 5.03. The van der Waals surface area contributed by atoms with Crippen molar-refractivity contribution in [2.75, 3.05) is 0 Å². The lowest BCUT2D eigenvalue weighted by Gasteiger charge is -2.21. The average molecular weight is 558 g/mol. The van der Waals surface area contributed by atoms with E-state index in [0.29, 0.717) is 0 Å². The fraction of sp³-hybridized carbons (Fsp3) is 0. The number of hydrogen-bond acceptors (Lipinski definition) is 1. The third kappa shape index (κ3) is 3.83. The van der Waals surface area contributed by atoms with E-state index >= 15 is 0 Å². The minimum atomic E-state index is 1.01. The van der Waals surface area contributed by atoms with Crippen LogP contribution in [0.1, 0.15) is 0 Å². The first-order chi connectivity index (χ1) is 21.8. The molecule has 1 nitrogen and oxygen atoms in total. The molecule has 9 aromatic rings. The third-order valence-corrected chi connectivity index (χ3v) is 9.06. The van der Waals surface area contributed by atoms with Gasteiger partial charge in [0.1, 0.15) is 0 Å². The Kier molecular flexibility index (Phi) is 5.57. The molecule has 204 valence electrons. The molecule has 1 aromatic heterocycles. The molecule has 0 N–H and O–H groups in total. The summed E-state index contributed by atoms with van der Waals surface area (Å²) in [5, 5.41) is 11.0. The van der Waals surface area contributed by atoms with Gasteiger partial charge in [-0.3, -0.25) is 4.98 Å². The van der Waals surface area contributed by atoms with Crippen molar-refractivity contribution in [2.45, 2.75) is 0 Å². The van der Waals surface area contributed by atoms with Gasteiger partial charge < -0.3 is 0 Å². The van der Waals surface area contributed by atoms with Gasteiger partial charge in [0.05, 0.1) is 5.52 Å². The van der Waals surface area contributed by atoms with Crippen LogP contribution in [0.2, 0.25) is 0 Å². The highest BCUT2D eigenvalue weighted by atomic mass is 14.7. The minimum absolute atomic E-state index is 1.01. The number of pyridine rings is 1. The van der Waals surface area contributed by atoms with E-state index in [-0.39, 0.29) is 0 Å². The topological polar surface area (TPSA) is 12.9 Å². The minimum Gasteiger partial charge on any atom is -0.256 e. The normalized spacial score (nSPS) is 11.6. The van der Waals surface area contributed by atoms with Crippen LogP contribution in [0.5, 0.6) is 0 Å². The fourth-order valence-electron chi connectivity index (χ4n) is 7.04. The van der Waals surface area contributed by atoms with Crippen LogP contribution in [0.15, 0.2) is 164 Å². The van der Waals surface area contributed by atoms with Gasteiger partial charge >= 0.3 is 0 Å². The zero-order valence-electron chi connectivity index (χ0n) is 24.0. The van der Waals surface area contributed by atoms with Crippen molar-refractivity contribution in [1.29, 1.82) is 0 Å². The van der Waals surface area contributed by atoms with Crippen LogP contribution in [0.3, 0.4) is 0 Å². The lowest BCUT2D eigenvalue weighted by Crippen LogP contribution is -1.95. The molecule has 0 aliphatic heterocycles. The Hall–Kier alpha value is -5.79. The van der Waals surface area contributed by atoms with Gasteiger partial charge in [0.15, 0.2) is 0 Å². The molecular weight excluding hydrogens is 530 g/mol. The summed E-state index contributed by atoms with van der Waals surface area (Å²) in [7, 11) is 0. The summed E-state index contributed by atoms with van der Waals surface area (Å²) in [6, 6.07) is 57.2. The lowest BCUT2D eigenvalue weighted by atomic mass is 9.83. The van der Waals surface area contributed by atoms with Crippen LogP contribution in [-0.4, -0.2) is 4.98 Å². The molecule has 8 aromatic carbocycles. The van der Waals surface area contributed by atoms with Crippen LogP contribution in [0, 0.1) is 0 Å². The van der Waals surface area contributed by atoms with Gasteiger partial charge in [0.25, 0.3) is 0 Å². The van der Waals surface area contributed by atoms with Crippen LogP contribution in [0.25, 0.3) is 87.4 Å². The molecule has 0 radical (unpaired) electrons. The van der Waals surface area contributed by atoms with E-state index < -0.39 is 0 Å². The van der Waals surface area contributed by atoms with Gasteiger partial charge in [-0.1, -0.05) is 140 Å². The van der Waals surface area contributed by atoms with Gasteiger partial charge in [-0.25, -0.2) is 0 Å². The second kappa shape index (κ2) is 9.90. The standard InChI is InChI=1S/C43H27N/c1-3-13-30-25-32(23-21-28(30)11-1)34-15-5-6-16-35(34)42-37-18-8-7-17-36(37)41(33-24-22-29-12-2-4-14-31(29)26-33)43-38-19-9-10-20-40(38)44-27-39(42)43/h1-27H. The Labute approximate surface area is 255 Å². The number of para-hydroxylation sites is 1. The Bertz CT molecular complexity index is 2560.